The molecule has 0 atom stereocenters. The smallest absolute Gasteiger partial charge is 0.238 e. The molecule has 0 aliphatic rings. The molecular weight excluding hydrogens is 356 g/mol. The van der Waals surface area contributed by atoms with E-state index >= 15 is 0 Å². The molecule has 5 nitrogen and oxygen atoms in total. The monoisotopic (exact) mass is 374 g/mol. The lowest BCUT2D eigenvalue weighted by molar-refractivity contribution is 0.352. The van der Waals surface area contributed by atoms with Crippen LogP contribution < -0.4 is 5.14 Å². The van der Waals surface area contributed by atoms with Crippen molar-refractivity contribution in [2.45, 2.75) is 29.1 Å². The van der Waals surface area contributed by atoms with Crippen molar-refractivity contribution in [1.29, 1.82) is 0 Å². The van der Waals surface area contributed by atoms with Crippen molar-refractivity contribution in [3.63, 3.8) is 0 Å². The summed E-state index contributed by atoms with van der Waals surface area (Å²) in [6, 6.07) is 16.2. The number of hydrogen-bond acceptors (Lipinski definition) is 5. The van der Waals surface area contributed by atoms with Gasteiger partial charge in [-0.05, 0) is 6.07 Å². The van der Waals surface area contributed by atoms with Crippen molar-refractivity contribution in [3.8, 4) is 22.4 Å². The van der Waals surface area contributed by atoms with Gasteiger partial charge in [-0.1, -0.05) is 79.3 Å². The highest BCUT2D eigenvalue weighted by Gasteiger charge is 2.25. The molecule has 0 aliphatic heterocycles. The van der Waals surface area contributed by atoms with E-state index in [0.29, 0.717) is 21.9 Å². The van der Waals surface area contributed by atoms with Crippen LogP contribution in [0.2, 0.25) is 0 Å². The number of hydrogen-bond donors (Lipinski definition) is 1. The van der Waals surface area contributed by atoms with Crippen LogP contribution in [0.5, 0.6) is 0 Å². The van der Waals surface area contributed by atoms with Gasteiger partial charge in [0.15, 0.2) is 0 Å². The Kier molecular flexibility index (Phi) is 4.99. The summed E-state index contributed by atoms with van der Waals surface area (Å²) < 4.78 is 29.7. The topological polar surface area (TPSA) is 86.2 Å². The third kappa shape index (κ3) is 3.78. The number of nitrogens with two attached hydrogens (primary N) is 1. The second-order valence-electron chi connectivity index (χ2n) is 5.77. The van der Waals surface area contributed by atoms with Gasteiger partial charge >= 0.3 is 0 Å². The predicted molar refractivity (Wildman–Crippen MR) is 99.7 cm³/mol. The van der Waals surface area contributed by atoms with Gasteiger partial charge in [0, 0.05) is 16.4 Å². The average molecular weight is 374 g/mol. The van der Waals surface area contributed by atoms with Crippen molar-refractivity contribution < 1.29 is 12.9 Å². The molecule has 3 aromatic rings. The molecule has 0 amide bonds. The summed E-state index contributed by atoms with van der Waals surface area (Å²) in [4.78, 5) is 0.0565. The van der Waals surface area contributed by atoms with E-state index in [1.165, 1.54) is 17.8 Å². The highest BCUT2D eigenvalue weighted by Crippen LogP contribution is 2.42. The van der Waals surface area contributed by atoms with E-state index < -0.39 is 10.0 Å². The van der Waals surface area contributed by atoms with Gasteiger partial charge in [-0.25, -0.2) is 13.6 Å². The van der Waals surface area contributed by atoms with Crippen molar-refractivity contribution in [1.82, 2.24) is 5.16 Å². The first-order valence-electron chi connectivity index (χ1n) is 7.72. The maximum absolute atomic E-state index is 12.1. The number of thioether (sulfide) groups is 1. The molecule has 0 aliphatic carbocycles. The lowest BCUT2D eigenvalue weighted by Gasteiger charge is -2.10. The molecule has 2 aromatic carbocycles. The van der Waals surface area contributed by atoms with E-state index in [1.54, 1.807) is 18.2 Å². The summed E-state index contributed by atoms with van der Waals surface area (Å²) in [5.74, 6) is 0. The van der Waals surface area contributed by atoms with E-state index in [1.807, 2.05) is 44.2 Å². The van der Waals surface area contributed by atoms with Crippen LogP contribution in [0.3, 0.4) is 0 Å². The molecule has 2 N–H and O–H groups in total. The van der Waals surface area contributed by atoms with E-state index in [2.05, 4.69) is 5.16 Å². The number of aromatic nitrogens is 1. The fraction of sp³-hybridized carbons (Fsp3) is 0.167. The Bertz CT molecular complexity index is 981. The molecule has 0 saturated heterocycles. The van der Waals surface area contributed by atoms with Gasteiger partial charge in [0.2, 0.25) is 15.1 Å². The predicted octanol–water partition coefficient (Wildman–Crippen LogP) is 4.16. The van der Waals surface area contributed by atoms with Crippen molar-refractivity contribution in [3.05, 3.63) is 54.6 Å². The second kappa shape index (κ2) is 7.03. The van der Waals surface area contributed by atoms with Gasteiger partial charge in [0.05, 0.1) is 10.5 Å². The summed E-state index contributed by atoms with van der Waals surface area (Å²) >= 11 is 1.49. The molecule has 130 valence electrons. The van der Waals surface area contributed by atoms with Crippen LogP contribution in [0, 0.1) is 0 Å². The lowest BCUT2D eigenvalue weighted by atomic mass is 10.0. The number of rotatable bonds is 5. The molecule has 0 unspecified atom stereocenters. The normalized spacial score (nSPS) is 11.8. The summed E-state index contributed by atoms with van der Waals surface area (Å²) in [5.41, 5.74) is 2.59. The number of sulfonamides is 1. The van der Waals surface area contributed by atoms with E-state index in [-0.39, 0.29) is 10.1 Å². The second-order valence-corrected chi connectivity index (χ2v) is 8.85. The molecule has 7 heteroatoms. The highest BCUT2D eigenvalue weighted by molar-refractivity contribution is 7.99. The van der Waals surface area contributed by atoms with E-state index in [4.69, 9.17) is 9.66 Å². The van der Waals surface area contributed by atoms with Gasteiger partial charge in [-0.3, -0.25) is 0 Å². The van der Waals surface area contributed by atoms with Gasteiger partial charge in [0.25, 0.3) is 0 Å². The number of nitrogens with zero attached hydrogens (tertiary/aromatic N) is 1. The zero-order valence-corrected chi connectivity index (χ0v) is 15.5. The van der Waals surface area contributed by atoms with E-state index in [0.717, 1.165) is 5.56 Å². The summed E-state index contributed by atoms with van der Waals surface area (Å²) in [5, 5.41) is 10.4. The number of benzene rings is 2. The van der Waals surface area contributed by atoms with Gasteiger partial charge in [-0.15, -0.1) is 0 Å². The zero-order valence-electron chi connectivity index (χ0n) is 13.8. The number of primary sulfonamides is 1. The molecule has 25 heavy (non-hydrogen) atoms. The van der Waals surface area contributed by atoms with Crippen LogP contribution in [0.15, 0.2) is 69.1 Å². The molecule has 0 radical (unpaired) electrons. The summed E-state index contributed by atoms with van der Waals surface area (Å²) in [6.07, 6.45) is 0. The Morgan fingerprint density at radius 1 is 1.04 bits per heavy atom. The van der Waals surface area contributed by atoms with Crippen LogP contribution in [0.4, 0.5) is 0 Å². The Morgan fingerprint density at radius 3 is 2.32 bits per heavy atom. The summed E-state index contributed by atoms with van der Waals surface area (Å²) in [7, 11) is -3.88. The molecule has 1 heterocycles. The first kappa shape index (κ1) is 17.7. The molecule has 1 aromatic heterocycles. The van der Waals surface area contributed by atoms with Crippen molar-refractivity contribution in [2.24, 2.45) is 5.14 Å². The minimum Gasteiger partial charge on any atom is -0.349 e. The Labute approximate surface area is 151 Å². The minimum absolute atomic E-state index is 0.0565. The van der Waals surface area contributed by atoms with Gasteiger partial charge in [-0.2, -0.15) is 0 Å². The maximum atomic E-state index is 12.1. The molecule has 0 bridgehead atoms. The molecule has 0 fully saturated rings. The highest BCUT2D eigenvalue weighted by atomic mass is 32.2. The van der Waals surface area contributed by atoms with Crippen LogP contribution in [-0.4, -0.2) is 18.8 Å². The average Bonchev–Trinajstić information content (AvgIpc) is 2.97. The fourth-order valence-corrected chi connectivity index (χ4v) is 4.10. The van der Waals surface area contributed by atoms with Crippen LogP contribution in [0.25, 0.3) is 22.4 Å². The first-order chi connectivity index (χ1) is 11.9. The Hall–Kier alpha value is -2.09. The van der Waals surface area contributed by atoms with Crippen LogP contribution >= 0.6 is 11.8 Å². The first-order valence-corrected chi connectivity index (χ1v) is 10.1. The zero-order chi connectivity index (χ0) is 18.0. The third-order valence-electron chi connectivity index (χ3n) is 3.51. The van der Waals surface area contributed by atoms with Crippen LogP contribution in [0.1, 0.15) is 13.8 Å². The minimum atomic E-state index is -3.88. The lowest BCUT2D eigenvalue weighted by Crippen LogP contribution is -2.13. The SMILES string of the molecule is CC(C)Sc1onc(-c2ccccc2)c1-c1ccccc1S(N)(=O)=O. The van der Waals surface area contributed by atoms with Crippen LogP contribution in [-0.2, 0) is 10.0 Å². The van der Waals surface area contributed by atoms with Crippen molar-refractivity contribution in [2.75, 3.05) is 0 Å². The van der Waals surface area contributed by atoms with Gasteiger partial charge in [0.1, 0.15) is 5.69 Å². The maximum Gasteiger partial charge on any atom is 0.238 e. The molecule has 0 spiro atoms. The van der Waals surface area contributed by atoms with Crippen molar-refractivity contribution >= 4 is 21.8 Å². The van der Waals surface area contributed by atoms with Gasteiger partial charge < -0.3 is 4.52 Å². The molecular formula is C18H18N2O3S2. The largest absolute Gasteiger partial charge is 0.349 e. The fourth-order valence-electron chi connectivity index (χ4n) is 2.52. The molecule has 3 rings (SSSR count). The summed E-state index contributed by atoms with van der Waals surface area (Å²) in [6.45, 7) is 4.06. The third-order valence-corrected chi connectivity index (χ3v) is 5.45. The standard InChI is InChI=1S/C18H18N2O3S2/c1-12(2)24-18-16(14-10-6-7-11-15(14)25(19,21)22)17(20-23-18)13-8-4-3-5-9-13/h3-12H,1-2H3,(H2,19,21,22). The Morgan fingerprint density at radius 2 is 1.68 bits per heavy atom. The quantitative estimate of drug-likeness (QED) is 0.678. The molecule has 0 saturated carbocycles. The van der Waals surface area contributed by atoms with E-state index in [9.17, 15) is 8.42 Å². The Balaban J connectivity index is 2.30.